The smallest absolute Gasteiger partial charge is 0.133 e. The molecule has 0 saturated carbocycles. The van der Waals surface area contributed by atoms with E-state index in [9.17, 15) is 0 Å². The third kappa shape index (κ3) is 3.17. The molecule has 0 aromatic carbocycles. The predicted molar refractivity (Wildman–Crippen MR) is 64.1 cm³/mol. The molecule has 4 heteroatoms. The minimum atomic E-state index is 0.824. The second-order valence-electron chi connectivity index (χ2n) is 4.46. The first-order chi connectivity index (χ1) is 7.86. The lowest BCUT2D eigenvalue weighted by atomic mass is 9.94. The molecule has 1 heterocycles. The van der Waals surface area contributed by atoms with Crippen LogP contribution in [0.25, 0.3) is 0 Å². The lowest BCUT2D eigenvalue weighted by Gasteiger charge is -2.17. The normalized spacial score (nSPS) is 20.2. The van der Waals surface area contributed by atoms with Crippen LogP contribution in [0.2, 0.25) is 0 Å². The van der Waals surface area contributed by atoms with Gasteiger partial charge in [0, 0.05) is 20.0 Å². The van der Waals surface area contributed by atoms with Gasteiger partial charge in [0.05, 0.1) is 0 Å². The van der Waals surface area contributed by atoms with Gasteiger partial charge in [-0.3, -0.25) is 0 Å². The summed E-state index contributed by atoms with van der Waals surface area (Å²) in [5, 5.41) is 11.4. The molecule has 1 aromatic heterocycles. The van der Waals surface area contributed by atoms with Crippen molar-refractivity contribution in [1.82, 2.24) is 20.1 Å². The summed E-state index contributed by atoms with van der Waals surface area (Å²) in [6.07, 6.45) is 11.1. The average molecular weight is 220 g/mol. The molecule has 4 nitrogen and oxygen atoms in total. The molecular formula is C12H20N4. The summed E-state index contributed by atoms with van der Waals surface area (Å²) >= 11 is 0. The van der Waals surface area contributed by atoms with Crippen molar-refractivity contribution < 1.29 is 0 Å². The molecule has 0 spiro atoms. The maximum absolute atomic E-state index is 4.06. The van der Waals surface area contributed by atoms with Crippen molar-refractivity contribution in [1.29, 1.82) is 0 Å². The van der Waals surface area contributed by atoms with Gasteiger partial charge < -0.3 is 9.88 Å². The number of hydrogen-bond donors (Lipinski definition) is 1. The van der Waals surface area contributed by atoms with Gasteiger partial charge in [0.1, 0.15) is 12.2 Å². The second-order valence-corrected chi connectivity index (χ2v) is 4.46. The first-order valence-corrected chi connectivity index (χ1v) is 6.05. The van der Waals surface area contributed by atoms with Crippen LogP contribution in [0.3, 0.4) is 0 Å². The summed E-state index contributed by atoms with van der Waals surface area (Å²) in [4.78, 5) is 0. The van der Waals surface area contributed by atoms with E-state index in [2.05, 4.69) is 27.7 Å². The summed E-state index contributed by atoms with van der Waals surface area (Å²) in [7, 11) is 1.99. The van der Waals surface area contributed by atoms with E-state index in [-0.39, 0.29) is 0 Å². The fourth-order valence-electron chi connectivity index (χ4n) is 2.08. The summed E-state index contributed by atoms with van der Waals surface area (Å²) in [5.74, 6) is 1.88. The lowest BCUT2D eigenvalue weighted by Crippen LogP contribution is -2.26. The fraction of sp³-hybridized carbons (Fsp3) is 0.667. The minimum absolute atomic E-state index is 0.824. The number of nitrogens with zero attached hydrogens (tertiary/aromatic N) is 3. The molecule has 1 aliphatic rings. The monoisotopic (exact) mass is 220 g/mol. The van der Waals surface area contributed by atoms with Gasteiger partial charge in [-0.05, 0) is 31.7 Å². The maximum atomic E-state index is 4.06. The number of hydrogen-bond acceptors (Lipinski definition) is 3. The molecule has 1 unspecified atom stereocenters. The summed E-state index contributed by atoms with van der Waals surface area (Å²) in [5.41, 5.74) is 0. The highest BCUT2D eigenvalue weighted by molar-refractivity contribution is 4.91. The summed E-state index contributed by atoms with van der Waals surface area (Å²) in [6, 6.07) is 0. The molecule has 88 valence electrons. The molecule has 16 heavy (non-hydrogen) atoms. The van der Waals surface area contributed by atoms with Gasteiger partial charge in [-0.25, -0.2) is 0 Å². The Kier molecular flexibility index (Phi) is 4.10. The third-order valence-corrected chi connectivity index (χ3v) is 3.14. The van der Waals surface area contributed by atoms with Crippen molar-refractivity contribution in [3.63, 3.8) is 0 Å². The topological polar surface area (TPSA) is 42.7 Å². The Balaban J connectivity index is 1.62. The van der Waals surface area contributed by atoms with Gasteiger partial charge in [-0.15, -0.1) is 10.2 Å². The predicted octanol–water partition coefficient (Wildman–Crippen LogP) is 1.30. The van der Waals surface area contributed by atoms with E-state index in [1.165, 1.54) is 19.3 Å². The SMILES string of the molecule is Cn1cnnc1CCNCC1CC=CCC1. The highest BCUT2D eigenvalue weighted by atomic mass is 15.2. The Bertz CT molecular complexity index is 343. The average Bonchev–Trinajstić information content (AvgIpc) is 2.72. The zero-order valence-corrected chi connectivity index (χ0v) is 9.89. The maximum Gasteiger partial charge on any atom is 0.133 e. The van der Waals surface area contributed by atoms with Crippen molar-refractivity contribution in [3.05, 3.63) is 24.3 Å². The van der Waals surface area contributed by atoms with Crippen molar-refractivity contribution in [2.45, 2.75) is 25.7 Å². The molecular weight excluding hydrogens is 200 g/mol. The Morgan fingerprint density at radius 1 is 1.50 bits per heavy atom. The first-order valence-electron chi connectivity index (χ1n) is 6.05. The van der Waals surface area contributed by atoms with E-state index < -0.39 is 0 Å². The van der Waals surface area contributed by atoms with Gasteiger partial charge in [0.2, 0.25) is 0 Å². The van der Waals surface area contributed by atoms with Crippen molar-refractivity contribution >= 4 is 0 Å². The molecule has 0 amide bonds. The van der Waals surface area contributed by atoms with Crippen molar-refractivity contribution in [3.8, 4) is 0 Å². The molecule has 0 fully saturated rings. The van der Waals surface area contributed by atoms with Gasteiger partial charge in [0.25, 0.3) is 0 Å². The summed E-state index contributed by atoms with van der Waals surface area (Å²) < 4.78 is 1.98. The quantitative estimate of drug-likeness (QED) is 0.601. The van der Waals surface area contributed by atoms with Crippen LogP contribution in [0.4, 0.5) is 0 Å². The van der Waals surface area contributed by atoms with E-state index in [4.69, 9.17) is 0 Å². The van der Waals surface area contributed by atoms with Gasteiger partial charge in [-0.1, -0.05) is 12.2 Å². The molecule has 0 bridgehead atoms. The Morgan fingerprint density at radius 3 is 3.12 bits per heavy atom. The minimum Gasteiger partial charge on any atom is -0.321 e. The summed E-state index contributed by atoms with van der Waals surface area (Å²) in [6.45, 7) is 2.12. The van der Waals surface area contributed by atoms with Crippen LogP contribution in [0.5, 0.6) is 0 Å². The van der Waals surface area contributed by atoms with E-state index >= 15 is 0 Å². The van der Waals surface area contributed by atoms with Crippen LogP contribution in [0.1, 0.15) is 25.1 Å². The van der Waals surface area contributed by atoms with Crippen LogP contribution >= 0.6 is 0 Å². The van der Waals surface area contributed by atoms with E-state index in [1.807, 2.05) is 11.6 Å². The number of allylic oxidation sites excluding steroid dienone is 2. The highest BCUT2D eigenvalue weighted by Gasteiger charge is 2.08. The number of aryl methyl sites for hydroxylation is 1. The van der Waals surface area contributed by atoms with Crippen molar-refractivity contribution in [2.75, 3.05) is 13.1 Å². The van der Waals surface area contributed by atoms with Crippen LogP contribution < -0.4 is 5.32 Å². The van der Waals surface area contributed by atoms with Gasteiger partial charge in [-0.2, -0.15) is 0 Å². The largest absolute Gasteiger partial charge is 0.321 e. The molecule has 0 saturated heterocycles. The Hall–Kier alpha value is -1.16. The number of nitrogens with one attached hydrogen (secondary N) is 1. The highest BCUT2D eigenvalue weighted by Crippen LogP contribution is 2.16. The fourth-order valence-corrected chi connectivity index (χ4v) is 2.08. The van der Waals surface area contributed by atoms with Crippen LogP contribution in [-0.4, -0.2) is 27.9 Å². The molecule has 1 aliphatic carbocycles. The lowest BCUT2D eigenvalue weighted by molar-refractivity contribution is 0.441. The zero-order valence-electron chi connectivity index (χ0n) is 9.89. The van der Waals surface area contributed by atoms with Gasteiger partial charge >= 0.3 is 0 Å². The van der Waals surface area contributed by atoms with E-state index in [0.29, 0.717) is 0 Å². The Labute approximate surface area is 96.8 Å². The molecule has 0 aliphatic heterocycles. The number of rotatable bonds is 5. The molecule has 1 N–H and O–H groups in total. The van der Waals surface area contributed by atoms with Crippen LogP contribution in [0, 0.1) is 5.92 Å². The number of aromatic nitrogens is 3. The standard InChI is InChI=1S/C12H20N4/c1-16-10-14-15-12(16)7-8-13-9-11-5-3-2-4-6-11/h2-3,10-11,13H,4-9H2,1H3. The zero-order chi connectivity index (χ0) is 11.2. The molecule has 0 radical (unpaired) electrons. The van der Waals surface area contributed by atoms with Crippen LogP contribution in [0.15, 0.2) is 18.5 Å². The second kappa shape index (κ2) is 5.80. The molecule has 1 aromatic rings. The first kappa shape index (κ1) is 11.3. The van der Waals surface area contributed by atoms with Crippen molar-refractivity contribution in [2.24, 2.45) is 13.0 Å². The van der Waals surface area contributed by atoms with E-state index in [0.717, 1.165) is 31.3 Å². The van der Waals surface area contributed by atoms with Crippen LogP contribution in [-0.2, 0) is 13.5 Å². The van der Waals surface area contributed by atoms with E-state index in [1.54, 1.807) is 6.33 Å². The Morgan fingerprint density at radius 2 is 2.44 bits per heavy atom. The molecule has 1 atom stereocenters. The van der Waals surface area contributed by atoms with Gasteiger partial charge in [0.15, 0.2) is 0 Å². The third-order valence-electron chi connectivity index (χ3n) is 3.14. The molecule has 2 rings (SSSR count).